The molecule has 1 aromatic heterocycles. The van der Waals surface area contributed by atoms with E-state index in [-0.39, 0.29) is 0 Å². The van der Waals surface area contributed by atoms with Crippen molar-refractivity contribution in [2.45, 2.75) is 46.0 Å². The molecule has 0 aliphatic heterocycles. The van der Waals surface area contributed by atoms with Crippen molar-refractivity contribution in [3.63, 3.8) is 0 Å². The number of anilines is 2. The van der Waals surface area contributed by atoms with E-state index in [4.69, 9.17) is 0 Å². The maximum Gasteiger partial charge on any atom is 0.133 e. The summed E-state index contributed by atoms with van der Waals surface area (Å²) in [5.41, 5.74) is 0. The molecule has 1 aliphatic rings. The number of aromatic nitrogens is 2. The predicted octanol–water partition coefficient (Wildman–Crippen LogP) is 3.07. The van der Waals surface area contributed by atoms with Crippen LogP contribution in [0.25, 0.3) is 0 Å². The summed E-state index contributed by atoms with van der Waals surface area (Å²) in [6, 6.07) is 2.02. The van der Waals surface area contributed by atoms with Crippen LogP contribution in [0.5, 0.6) is 0 Å². The van der Waals surface area contributed by atoms with Gasteiger partial charge in [-0.3, -0.25) is 0 Å². The largest absolute Gasteiger partial charge is 0.370 e. The van der Waals surface area contributed by atoms with Crippen molar-refractivity contribution < 1.29 is 0 Å². The fourth-order valence-electron chi connectivity index (χ4n) is 2.14. The Balaban J connectivity index is 2.00. The summed E-state index contributed by atoms with van der Waals surface area (Å²) < 4.78 is 0. The zero-order valence-corrected chi connectivity index (χ0v) is 11.5. The van der Waals surface area contributed by atoms with Gasteiger partial charge in [0.25, 0.3) is 0 Å². The lowest BCUT2D eigenvalue weighted by Crippen LogP contribution is -2.21. The summed E-state index contributed by atoms with van der Waals surface area (Å²) in [6.07, 6.45) is 6.13. The molecule has 0 amide bonds. The summed E-state index contributed by atoms with van der Waals surface area (Å²) in [5, 5.41) is 6.72. The SMILES string of the molecule is CCCc1nc(NCC)cc(NCC2CCC2)n1. The van der Waals surface area contributed by atoms with Crippen LogP contribution in [-0.4, -0.2) is 23.1 Å². The Kier molecular flexibility index (Phi) is 4.79. The van der Waals surface area contributed by atoms with Gasteiger partial charge in [-0.25, -0.2) is 9.97 Å². The predicted molar refractivity (Wildman–Crippen MR) is 76.0 cm³/mol. The van der Waals surface area contributed by atoms with Gasteiger partial charge in [0.15, 0.2) is 0 Å². The Hall–Kier alpha value is -1.32. The molecule has 1 aliphatic carbocycles. The number of hydrogen-bond acceptors (Lipinski definition) is 4. The first-order chi connectivity index (χ1) is 8.81. The molecule has 1 aromatic rings. The van der Waals surface area contributed by atoms with Crippen LogP contribution in [0.1, 0.15) is 45.4 Å². The van der Waals surface area contributed by atoms with Gasteiger partial charge in [-0.15, -0.1) is 0 Å². The van der Waals surface area contributed by atoms with E-state index in [1.165, 1.54) is 19.3 Å². The van der Waals surface area contributed by atoms with E-state index in [1.807, 2.05) is 6.07 Å². The number of aryl methyl sites for hydroxylation is 1. The van der Waals surface area contributed by atoms with E-state index in [0.717, 1.165) is 49.3 Å². The van der Waals surface area contributed by atoms with Crippen molar-refractivity contribution in [2.24, 2.45) is 5.92 Å². The fraction of sp³-hybridized carbons (Fsp3) is 0.714. The second kappa shape index (κ2) is 6.57. The van der Waals surface area contributed by atoms with E-state index in [9.17, 15) is 0 Å². The lowest BCUT2D eigenvalue weighted by Gasteiger charge is -2.25. The summed E-state index contributed by atoms with van der Waals surface area (Å²) >= 11 is 0. The first-order valence-electron chi connectivity index (χ1n) is 7.17. The molecular weight excluding hydrogens is 224 g/mol. The minimum Gasteiger partial charge on any atom is -0.370 e. The van der Waals surface area contributed by atoms with Gasteiger partial charge in [0.05, 0.1) is 0 Å². The number of nitrogens with zero attached hydrogens (tertiary/aromatic N) is 2. The van der Waals surface area contributed by atoms with E-state index >= 15 is 0 Å². The minimum absolute atomic E-state index is 0.845. The summed E-state index contributed by atoms with van der Waals surface area (Å²) in [4.78, 5) is 9.09. The summed E-state index contributed by atoms with van der Waals surface area (Å²) in [5.74, 6) is 3.69. The molecular formula is C14H24N4. The molecule has 4 heteroatoms. The quantitative estimate of drug-likeness (QED) is 0.778. The number of nitrogens with one attached hydrogen (secondary N) is 2. The molecule has 100 valence electrons. The van der Waals surface area contributed by atoms with E-state index in [1.54, 1.807) is 0 Å². The second-order valence-corrected chi connectivity index (χ2v) is 5.01. The summed E-state index contributed by atoms with van der Waals surface area (Å²) in [7, 11) is 0. The lowest BCUT2D eigenvalue weighted by molar-refractivity contribution is 0.333. The maximum atomic E-state index is 4.57. The van der Waals surface area contributed by atoms with Crippen molar-refractivity contribution in [2.75, 3.05) is 23.7 Å². The van der Waals surface area contributed by atoms with Crippen LogP contribution in [0.3, 0.4) is 0 Å². The van der Waals surface area contributed by atoms with Gasteiger partial charge in [0.1, 0.15) is 17.5 Å². The molecule has 0 saturated heterocycles. The molecule has 1 heterocycles. The Morgan fingerprint density at radius 2 is 1.89 bits per heavy atom. The zero-order chi connectivity index (χ0) is 12.8. The van der Waals surface area contributed by atoms with Crippen LogP contribution < -0.4 is 10.6 Å². The molecule has 0 atom stereocenters. The number of hydrogen-bond donors (Lipinski definition) is 2. The van der Waals surface area contributed by atoms with Crippen LogP contribution in [0.4, 0.5) is 11.6 Å². The van der Waals surface area contributed by atoms with Gasteiger partial charge >= 0.3 is 0 Å². The number of rotatable bonds is 7. The molecule has 2 rings (SSSR count). The topological polar surface area (TPSA) is 49.8 Å². The van der Waals surface area contributed by atoms with Crippen molar-refractivity contribution in [3.8, 4) is 0 Å². The monoisotopic (exact) mass is 248 g/mol. The standard InChI is InChI=1S/C14H24N4/c1-3-6-12-17-13(15-4-2)9-14(18-12)16-10-11-7-5-8-11/h9,11H,3-8,10H2,1-2H3,(H2,15,16,17,18). The van der Waals surface area contributed by atoms with Gasteiger partial charge in [-0.2, -0.15) is 0 Å². The van der Waals surface area contributed by atoms with Crippen LogP contribution in [0, 0.1) is 5.92 Å². The average molecular weight is 248 g/mol. The van der Waals surface area contributed by atoms with Crippen molar-refractivity contribution in [1.82, 2.24) is 9.97 Å². The molecule has 0 radical (unpaired) electrons. The second-order valence-electron chi connectivity index (χ2n) is 5.01. The molecule has 2 N–H and O–H groups in total. The first-order valence-corrected chi connectivity index (χ1v) is 7.17. The van der Waals surface area contributed by atoms with Crippen LogP contribution >= 0.6 is 0 Å². The van der Waals surface area contributed by atoms with Crippen LogP contribution in [0.15, 0.2) is 6.07 Å². The Morgan fingerprint density at radius 1 is 1.17 bits per heavy atom. The molecule has 18 heavy (non-hydrogen) atoms. The molecule has 0 unspecified atom stereocenters. The first kappa shape index (κ1) is 13.1. The highest BCUT2D eigenvalue weighted by Gasteiger charge is 2.17. The lowest BCUT2D eigenvalue weighted by atomic mass is 9.85. The van der Waals surface area contributed by atoms with Gasteiger partial charge in [0, 0.05) is 25.6 Å². The van der Waals surface area contributed by atoms with E-state index in [0.29, 0.717) is 0 Å². The minimum atomic E-state index is 0.845. The van der Waals surface area contributed by atoms with Gasteiger partial charge in [-0.05, 0) is 32.1 Å². The summed E-state index contributed by atoms with van der Waals surface area (Å²) in [6.45, 7) is 6.19. The van der Waals surface area contributed by atoms with Crippen molar-refractivity contribution >= 4 is 11.6 Å². The highest BCUT2D eigenvalue weighted by Crippen LogP contribution is 2.26. The Morgan fingerprint density at radius 3 is 2.44 bits per heavy atom. The third-order valence-corrected chi connectivity index (χ3v) is 3.40. The van der Waals surface area contributed by atoms with E-state index < -0.39 is 0 Å². The Bertz CT molecular complexity index is 350. The van der Waals surface area contributed by atoms with Crippen molar-refractivity contribution in [1.29, 1.82) is 0 Å². The molecule has 0 bridgehead atoms. The van der Waals surface area contributed by atoms with Gasteiger partial charge in [0.2, 0.25) is 0 Å². The average Bonchev–Trinajstić information content (AvgIpc) is 2.27. The van der Waals surface area contributed by atoms with E-state index in [2.05, 4.69) is 34.4 Å². The maximum absolute atomic E-state index is 4.57. The zero-order valence-electron chi connectivity index (χ0n) is 11.5. The smallest absolute Gasteiger partial charge is 0.133 e. The highest BCUT2D eigenvalue weighted by molar-refractivity contribution is 5.47. The van der Waals surface area contributed by atoms with Gasteiger partial charge < -0.3 is 10.6 Å². The molecule has 0 aromatic carbocycles. The van der Waals surface area contributed by atoms with Crippen molar-refractivity contribution in [3.05, 3.63) is 11.9 Å². The van der Waals surface area contributed by atoms with Crippen LogP contribution in [0.2, 0.25) is 0 Å². The normalized spacial score (nSPS) is 15.2. The molecule has 1 fully saturated rings. The Labute approximate surface area is 110 Å². The van der Waals surface area contributed by atoms with Crippen LogP contribution in [-0.2, 0) is 6.42 Å². The fourth-order valence-corrected chi connectivity index (χ4v) is 2.14. The highest BCUT2D eigenvalue weighted by atomic mass is 15.1. The third kappa shape index (κ3) is 3.59. The molecule has 4 nitrogen and oxygen atoms in total. The van der Waals surface area contributed by atoms with Gasteiger partial charge in [-0.1, -0.05) is 13.3 Å². The molecule has 0 spiro atoms. The third-order valence-electron chi connectivity index (χ3n) is 3.40. The molecule has 1 saturated carbocycles.